The van der Waals surface area contributed by atoms with E-state index >= 15 is 0 Å². The summed E-state index contributed by atoms with van der Waals surface area (Å²) >= 11 is 0. The molecule has 1 aliphatic heterocycles. The Balaban J connectivity index is 1.68. The number of hydrogen-bond acceptors (Lipinski definition) is 3. The second kappa shape index (κ2) is 7.90. The van der Waals surface area contributed by atoms with Crippen LogP contribution in [0, 0.1) is 22.7 Å². The molecular formula is C21H28N4O. The van der Waals surface area contributed by atoms with Gasteiger partial charge in [-0.1, -0.05) is 44.2 Å². The van der Waals surface area contributed by atoms with Gasteiger partial charge in [-0.2, -0.15) is 5.26 Å². The third-order valence-electron chi connectivity index (χ3n) is 5.89. The molecular weight excluding hydrogens is 324 g/mol. The summed E-state index contributed by atoms with van der Waals surface area (Å²) in [4.78, 5) is 14.4. The van der Waals surface area contributed by atoms with Crippen LogP contribution in [0.25, 0.3) is 0 Å². The first kappa shape index (κ1) is 18.4. The van der Waals surface area contributed by atoms with Crippen molar-refractivity contribution in [2.45, 2.75) is 63.3 Å². The lowest BCUT2D eigenvalue weighted by molar-refractivity contribution is -0.131. The van der Waals surface area contributed by atoms with Gasteiger partial charge in [0, 0.05) is 7.05 Å². The number of nitriles is 1. The molecule has 0 aromatic heterocycles. The predicted octanol–water partition coefficient (Wildman–Crippen LogP) is 3.59. The highest BCUT2D eigenvalue weighted by atomic mass is 16.2. The first-order valence-corrected chi connectivity index (χ1v) is 9.68. The molecule has 0 radical (unpaired) electrons. The van der Waals surface area contributed by atoms with E-state index in [1.807, 2.05) is 24.3 Å². The molecule has 26 heavy (non-hydrogen) atoms. The second-order valence-corrected chi connectivity index (χ2v) is 7.79. The zero-order chi connectivity index (χ0) is 18.6. The number of nitrogens with one attached hydrogen (secondary N) is 2. The number of guanidine groups is 1. The molecule has 0 bridgehead atoms. The topological polar surface area (TPSA) is 80.0 Å². The third-order valence-corrected chi connectivity index (χ3v) is 5.89. The zero-order valence-corrected chi connectivity index (χ0v) is 15.6. The van der Waals surface area contributed by atoms with Gasteiger partial charge in [0.05, 0.1) is 11.6 Å². The average Bonchev–Trinajstić information content (AvgIpc) is 2.87. The Morgan fingerprint density at radius 2 is 2.12 bits per heavy atom. The van der Waals surface area contributed by atoms with Crippen molar-refractivity contribution >= 4 is 11.9 Å². The Morgan fingerprint density at radius 1 is 1.35 bits per heavy atom. The van der Waals surface area contributed by atoms with Gasteiger partial charge < -0.3 is 5.32 Å². The Hall–Kier alpha value is -2.35. The molecule has 5 nitrogen and oxygen atoms in total. The van der Waals surface area contributed by atoms with Crippen molar-refractivity contribution in [2.75, 3.05) is 7.05 Å². The van der Waals surface area contributed by atoms with Gasteiger partial charge in [0.25, 0.3) is 5.91 Å². The van der Waals surface area contributed by atoms with Crippen molar-refractivity contribution in [2.24, 2.45) is 5.92 Å². The maximum absolute atomic E-state index is 12.9. The van der Waals surface area contributed by atoms with Crippen molar-refractivity contribution in [1.82, 2.24) is 10.2 Å². The second-order valence-electron chi connectivity index (χ2n) is 7.79. The van der Waals surface area contributed by atoms with Crippen molar-refractivity contribution in [1.29, 1.82) is 10.7 Å². The van der Waals surface area contributed by atoms with Crippen molar-refractivity contribution < 1.29 is 4.79 Å². The summed E-state index contributed by atoms with van der Waals surface area (Å²) < 4.78 is 0. The Labute approximate surface area is 155 Å². The van der Waals surface area contributed by atoms with Gasteiger partial charge >= 0.3 is 0 Å². The van der Waals surface area contributed by atoms with Crippen LogP contribution in [-0.2, 0) is 11.2 Å². The molecule has 1 saturated heterocycles. The van der Waals surface area contributed by atoms with Gasteiger partial charge in [-0.05, 0) is 49.3 Å². The lowest BCUT2D eigenvalue weighted by Crippen LogP contribution is -2.48. The Bertz CT molecular complexity index is 717. The summed E-state index contributed by atoms with van der Waals surface area (Å²) in [6.07, 6.45) is 9.45. The highest BCUT2D eigenvalue weighted by Crippen LogP contribution is 2.36. The van der Waals surface area contributed by atoms with Crippen LogP contribution in [0.15, 0.2) is 24.3 Å². The van der Waals surface area contributed by atoms with Gasteiger partial charge in [-0.15, -0.1) is 0 Å². The zero-order valence-electron chi connectivity index (χ0n) is 15.6. The van der Waals surface area contributed by atoms with Crippen molar-refractivity contribution in [3.8, 4) is 6.07 Å². The fraction of sp³-hybridized carbons (Fsp3) is 0.571. The van der Waals surface area contributed by atoms with Crippen LogP contribution in [0.2, 0.25) is 0 Å². The number of benzene rings is 1. The van der Waals surface area contributed by atoms with Gasteiger partial charge in [-0.25, -0.2) is 0 Å². The number of nitrogens with zero attached hydrogens (tertiary/aromatic N) is 2. The number of hydrogen-bond donors (Lipinski definition) is 2. The molecule has 1 atom stereocenters. The first-order valence-electron chi connectivity index (χ1n) is 9.68. The van der Waals surface area contributed by atoms with Crippen molar-refractivity contribution in [3.63, 3.8) is 0 Å². The first-order chi connectivity index (χ1) is 12.5. The molecule has 1 aromatic rings. The maximum atomic E-state index is 12.9. The summed E-state index contributed by atoms with van der Waals surface area (Å²) in [5.74, 6) is 0.831. The molecule has 138 valence electrons. The van der Waals surface area contributed by atoms with Crippen LogP contribution >= 0.6 is 0 Å². The van der Waals surface area contributed by atoms with E-state index in [-0.39, 0.29) is 11.9 Å². The quantitative estimate of drug-likeness (QED) is 0.821. The summed E-state index contributed by atoms with van der Waals surface area (Å²) in [7, 11) is 1.69. The van der Waals surface area contributed by atoms with E-state index in [2.05, 4.69) is 11.4 Å². The highest BCUT2D eigenvalue weighted by molar-refractivity contribution is 6.07. The number of rotatable bonds is 6. The van der Waals surface area contributed by atoms with Crippen LogP contribution in [-0.4, -0.2) is 29.4 Å². The maximum Gasteiger partial charge on any atom is 0.254 e. The van der Waals surface area contributed by atoms with E-state index < -0.39 is 5.54 Å². The molecule has 1 saturated carbocycles. The molecule has 2 aliphatic rings. The van der Waals surface area contributed by atoms with E-state index in [1.165, 1.54) is 37.0 Å². The van der Waals surface area contributed by atoms with E-state index in [4.69, 9.17) is 10.7 Å². The summed E-state index contributed by atoms with van der Waals surface area (Å²) in [6, 6.07) is 9.86. The van der Waals surface area contributed by atoms with Crippen LogP contribution < -0.4 is 5.32 Å². The van der Waals surface area contributed by atoms with E-state index in [1.54, 1.807) is 7.05 Å². The minimum absolute atomic E-state index is 0.0406. The van der Waals surface area contributed by atoms with E-state index in [0.29, 0.717) is 11.5 Å². The van der Waals surface area contributed by atoms with Gasteiger partial charge in [-0.3, -0.25) is 15.1 Å². The monoisotopic (exact) mass is 352 g/mol. The molecule has 2 N–H and O–H groups in total. The van der Waals surface area contributed by atoms with E-state index in [9.17, 15) is 4.79 Å². The van der Waals surface area contributed by atoms with Crippen LogP contribution in [0.5, 0.6) is 0 Å². The Morgan fingerprint density at radius 3 is 2.77 bits per heavy atom. The molecule has 1 aromatic carbocycles. The average molecular weight is 352 g/mol. The number of amides is 1. The number of likely N-dealkylation sites (N-methyl/N-ethyl adjacent to an activating group) is 1. The molecule has 3 rings (SSSR count). The molecule has 1 heterocycles. The minimum atomic E-state index is -0.624. The van der Waals surface area contributed by atoms with Crippen LogP contribution in [0.4, 0.5) is 0 Å². The molecule has 2 fully saturated rings. The lowest BCUT2D eigenvalue weighted by Gasteiger charge is -2.33. The molecule has 1 amide bonds. The van der Waals surface area contributed by atoms with E-state index in [0.717, 1.165) is 31.2 Å². The van der Waals surface area contributed by atoms with Crippen LogP contribution in [0.1, 0.15) is 62.5 Å². The van der Waals surface area contributed by atoms with Crippen LogP contribution in [0.3, 0.4) is 0 Å². The smallest absolute Gasteiger partial charge is 0.254 e. The molecule has 1 aliphatic carbocycles. The largest absolute Gasteiger partial charge is 0.342 e. The minimum Gasteiger partial charge on any atom is -0.342 e. The molecule has 0 spiro atoms. The summed E-state index contributed by atoms with van der Waals surface area (Å²) in [5, 5.41) is 20.3. The van der Waals surface area contributed by atoms with Crippen molar-refractivity contribution in [3.05, 3.63) is 35.4 Å². The summed E-state index contributed by atoms with van der Waals surface area (Å²) in [6.45, 7) is 0. The number of aryl methyl sites for hydroxylation is 1. The fourth-order valence-electron chi connectivity index (χ4n) is 4.47. The fourth-order valence-corrected chi connectivity index (χ4v) is 4.47. The third kappa shape index (κ3) is 3.90. The molecule has 1 unspecified atom stereocenters. The van der Waals surface area contributed by atoms with Gasteiger partial charge in [0.15, 0.2) is 5.96 Å². The van der Waals surface area contributed by atoms with Gasteiger partial charge in [0.2, 0.25) is 0 Å². The van der Waals surface area contributed by atoms with Gasteiger partial charge in [0.1, 0.15) is 5.54 Å². The number of carbonyl (C=O) groups excluding carboxylic acids is 1. The number of carbonyl (C=O) groups is 1. The summed E-state index contributed by atoms with van der Waals surface area (Å²) in [5.41, 5.74) is 1.18. The normalized spacial score (nSPS) is 23.8. The highest BCUT2D eigenvalue weighted by Gasteiger charge is 2.48. The standard InChI is InChI=1S/C21H28N4O/c1-25-19(26)21(24-20(25)23,14-17-7-3-2-4-8-17)12-6-11-16-9-5-10-18(13-16)15-22/h5,9-10,13,17H,2-4,6-8,11-12,14H2,1H3,(H2,23,24). The predicted molar refractivity (Wildman–Crippen MR) is 102 cm³/mol. The molecule has 5 heteroatoms. The Kier molecular flexibility index (Phi) is 5.61. The SMILES string of the molecule is CN1C(=N)NC(CCCc2cccc(C#N)c2)(CC2CCCCC2)C1=O. The lowest BCUT2D eigenvalue weighted by atomic mass is 9.77.